The molecule has 0 aliphatic carbocycles. The van der Waals surface area contributed by atoms with Gasteiger partial charge in [0.05, 0.1) is 0 Å². The summed E-state index contributed by atoms with van der Waals surface area (Å²) in [6, 6.07) is 16.6. The van der Waals surface area contributed by atoms with Gasteiger partial charge in [-0.1, -0.05) is 12.1 Å². The van der Waals surface area contributed by atoms with Crippen molar-refractivity contribution in [2.75, 3.05) is 43.4 Å². The van der Waals surface area contributed by atoms with Crippen LogP contribution in [0.5, 0.6) is 0 Å². The molecule has 2 N–H and O–H groups in total. The normalized spacial score (nSPS) is 17.6. The lowest BCUT2D eigenvalue weighted by molar-refractivity contribution is -0.133. The quantitative estimate of drug-likeness (QED) is 0.546. The number of piperazine rings is 1. The zero-order valence-corrected chi connectivity index (χ0v) is 18.8. The minimum absolute atomic E-state index is 0.277. The summed E-state index contributed by atoms with van der Waals surface area (Å²) in [5.41, 5.74) is 4.39. The summed E-state index contributed by atoms with van der Waals surface area (Å²) in [7, 11) is 0. The largest absolute Gasteiger partial charge is 0.370 e. The summed E-state index contributed by atoms with van der Waals surface area (Å²) in [4.78, 5) is 26.1. The molecule has 7 heteroatoms. The van der Waals surface area contributed by atoms with Crippen LogP contribution >= 0.6 is 0 Å². The van der Waals surface area contributed by atoms with E-state index in [1.807, 2.05) is 29.4 Å². The molecule has 0 spiro atoms. The molecule has 1 aromatic carbocycles. The number of carbonyl (C=O) groups excluding carboxylic acids is 1. The molecule has 0 saturated carbocycles. The van der Waals surface area contributed by atoms with Gasteiger partial charge in [-0.3, -0.25) is 9.69 Å². The van der Waals surface area contributed by atoms with E-state index in [9.17, 15) is 4.79 Å². The highest BCUT2D eigenvalue weighted by Crippen LogP contribution is 2.24. The molecule has 33 heavy (non-hydrogen) atoms. The van der Waals surface area contributed by atoms with Crippen LogP contribution < -0.4 is 10.6 Å². The molecule has 3 aromatic rings. The summed E-state index contributed by atoms with van der Waals surface area (Å²) in [5.74, 6) is 1.94. The number of amides is 1. The van der Waals surface area contributed by atoms with Gasteiger partial charge in [-0.15, -0.1) is 0 Å². The van der Waals surface area contributed by atoms with E-state index < -0.39 is 0 Å². The van der Waals surface area contributed by atoms with E-state index in [-0.39, 0.29) is 5.91 Å². The Morgan fingerprint density at radius 1 is 0.848 bits per heavy atom. The highest BCUT2D eigenvalue weighted by molar-refractivity contribution is 5.76. The fraction of sp³-hybridized carbons (Fsp3) is 0.346. The van der Waals surface area contributed by atoms with Crippen LogP contribution in [0.2, 0.25) is 0 Å². The fourth-order valence-electron chi connectivity index (χ4n) is 4.43. The lowest BCUT2D eigenvalue weighted by Gasteiger charge is -2.35. The third-order valence-corrected chi connectivity index (χ3v) is 6.31. The molecular weight excluding hydrogens is 412 g/mol. The molecule has 8 rings (SSSR count). The summed E-state index contributed by atoms with van der Waals surface area (Å²) < 4.78 is 0. The average molecular weight is 443 g/mol. The van der Waals surface area contributed by atoms with Gasteiger partial charge in [0, 0.05) is 69.3 Å². The van der Waals surface area contributed by atoms with Gasteiger partial charge in [0.15, 0.2) is 0 Å². The third-order valence-electron chi connectivity index (χ3n) is 6.31. The minimum atomic E-state index is 0.277. The average Bonchev–Trinajstić information content (AvgIpc) is 2.84. The van der Waals surface area contributed by atoms with Gasteiger partial charge in [-0.2, -0.15) is 0 Å². The Kier molecular flexibility index (Phi) is 6.48. The van der Waals surface area contributed by atoms with Crippen LogP contribution in [-0.4, -0.2) is 58.4 Å². The van der Waals surface area contributed by atoms with Crippen molar-refractivity contribution in [1.29, 1.82) is 0 Å². The SMILES string of the molecule is O=C1CCCCNc2ccc(cn2)-c2ccnc(c2)Nc2cccc(c2)CN2CCN1CC2. The van der Waals surface area contributed by atoms with Gasteiger partial charge in [0.1, 0.15) is 11.6 Å². The smallest absolute Gasteiger partial charge is 0.222 e. The molecule has 5 aliphatic rings. The first-order chi connectivity index (χ1) is 16.2. The maximum absolute atomic E-state index is 12.6. The van der Waals surface area contributed by atoms with Crippen molar-refractivity contribution in [2.45, 2.75) is 25.8 Å². The van der Waals surface area contributed by atoms with E-state index in [0.717, 1.165) is 80.6 Å². The summed E-state index contributed by atoms with van der Waals surface area (Å²) in [6.45, 7) is 5.14. The first-order valence-corrected chi connectivity index (χ1v) is 11.8. The second kappa shape index (κ2) is 10.0. The van der Waals surface area contributed by atoms with E-state index >= 15 is 0 Å². The first-order valence-electron chi connectivity index (χ1n) is 11.8. The van der Waals surface area contributed by atoms with Crippen LogP contribution in [0.15, 0.2) is 60.9 Å². The van der Waals surface area contributed by atoms with E-state index in [1.54, 1.807) is 0 Å². The van der Waals surface area contributed by atoms with Crippen molar-refractivity contribution in [3.8, 4) is 11.1 Å². The number of nitrogens with zero attached hydrogens (tertiary/aromatic N) is 4. The lowest BCUT2D eigenvalue weighted by Crippen LogP contribution is -2.48. The molecule has 1 amide bonds. The molecule has 2 aromatic heterocycles. The monoisotopic (exact) mass is 442 g/mol. The Bertz CT molecular complexity index is 1090. The fourth-order valence-corrected chi connectivity index (χ4v) is 4.43. The maximum Gasteiger partial charge on any atom is 0.222 e. The van der Waals surface area contributed by atoms with Crippen LogP contribution in [-0.2, 0) is 11.3 Å². The van der Waals surface area contributed by atoms with Gasteiger partial charge < -0.3 is 15.5 Å². The Hall–Kier alpha value is -3.45. The van der Waals surface area contributed by atoms with Crippen molar-refractivity contribution in [3.63, 3.8) is 0 Å². The van der Waals surface area contributed by atoms with Gasteiger partial charge in [0.2, 0.25) is 5.91 Å². The van der Waals surface area contributed by atoms with E-state index in [1.165, 1.54) is 5.56 Å². The van der Waals surface area contributed by atoms with Gasteiger partial charge in [-0.05, 0) is 60.4 Å². The highest BCUT2D eigenvalue weighted by atomic mass is 16.2. The molecule has 0 unspecified atom stereocenters. The summed E-state index contributed by atoms with van der Waals surface area (Å²) in [6.07, 6.45) is 6.17. The molecule has 1 fully saturated rings. The molecule has 0 radical (unpaired) electrons. The predicted octanol–water partition coefficient (Wildman–Crippen LogP) is 4.13. The number of hydrogen-bond acceptors (Lipinski definition) is 6. The Labute approximate surface area is 194 Å². The van der Waals surface area contributed by atoms with Crippen LogP contribution in [0.1, 0.15) is 24.8 Å². The Morgan fingerprint density at radius 2 is 1.76 bits per heavy atom. The molecule has 5 aliphatic heterocycles. The van der Waals surface area contributed by atoms with E-state index in [2.05, 4.69) is 61.9 Å². The lowest BCUT2D eigenvalue weighted by atomic mass is 10.1. The molecule has 170 valence electrons. The predicted molar refractivity (Wildman–Crippen MR) is 131 cm³/mol. The molecule has 1 saturated heterocycles. The Balaban J connectivity index is 1.38. The zero-order valence-electron chi connectivity index (χ0n) is 18.8. The van der Waals surface area contributed by atoms with Crippen molar-refractivity contribution < 1.29 is 4.79 Å². The van der Waals surface area contributed by atoms with E-state index in [0.29, 0.717) is 6.42 Å². The van der Waals surface area contributed by atoms with Crippen molar-refractivity contribution in [2.24, 2.45) is 0 Å². The number of aromatic nitrogens is 2. The maximum atomic E-state index is 12.6. The zero-order chi connectivity index (χ0) is 22.5. The molecule has 8 bridgehead atoms. The second-order valence-corrected chi connectivity index (χ2v) is 8.73. The van der Waals surface area contributed by atoms with Crippen LogP contribution in [0.25, 0.3) is 11.1 Å². The number of benzene rings is 1. The summed E-state index contributed by atoms with van der Waals surface area (Å²) >= 11 is 0. The topological polar surface area (TPSA) is 73.4 Å². The molecule has 0 atom stereocenters. The standard InChI is InChI=1S/C26H30N6O/c33-26-6-1-2-10-27-24-8-7-22(18-29-24)21-9-11-28-25(17-21)30-23-5-3-4-20(16-23)19-31-12-14-32(26)15-13-31/h3-5,7-9,11,16-18H,1-2,6,10,12-15,19H2,(H,27,29)(H,28,30). The molecule has 7 nitrogen and oxygen atoms in total. The highest BCUT2D eigenvalue weighted by Gasteiger charge is 2.20. The Morgan fingerprint density at radius 3 is 2.61 bits per heavy atom. The number of rotatable bonds is 0. The number of carbonyl (C=O) groups is 1. The number of hydrogen-bond donors (Lipinski definition) is 2. The van der Waals surface area contributed by atoms with Crippen molar-refractivity contribution in [3.05, 3.63) is 66.5 Å². The molecular formula is C26H30N6O. The van der Waals surface area contributed by atoms with Crippen molar-refractivity contribution >= 4 is 23.2 Å². The van der Waals surface area contributed by atoms with Gasteiger partial charge in [0.25, 0.3) is 0 Å². The minimum Gasteiger partial charge on any atom is -0.370 e. The second-order valence-electron chi connectivity index (χ2n) is 8.73. The van der Waals surface area contributed by atoms with Gasteiger partial charge >= 0.3 is 0 Å². The van der Waals surface area contributed by atoms with Crippen molar-refractivity contribution in [1.82, 2.24) is 19.8 Å². The van der Waals surface area contributed by atoms with Gasteiger partial charge in [-0.25, -0.2) is 9.97 Å². The van der Waals surface area contributed by atoms with E-state index in [4.69, 9.17) is 0 Å². The number of pyridine rings is 2. The van der Waals surface area contributed by atoms with Crippen LogP contribution in [0, 0.1) is 0 Å². The summed E-state index contributed by atoms with van der Waals surface area (Å²) in [5, 5.41) is 6.81. The molecule has 7 heterocycles. The third kappa shape index (κ3) is 5.49. The number of nitrogens with one attached hydrogen (secondary N) is 2. The van der Waals surface area contributed by atoms with Crippen LogP contribution in [0.4, 0.5) is 17.3 Å². The van der Waals surface area contributed by atoms with Crippen LogP contribution in [0.3, 0.4) is 0 Å². The first kappa shape index (κ1) is 21.4. The number of anilines is 3.